The number of alkyl halides is 2. The molecule has 1 spiro atoms. The number of benzene rings is 1. The van der Waals surface area contributed by atoms with Gasteiger partial charge in [-0.15, -0.1) is 0 Å². The van der Waals surface area contributed by atoms with Crippen molar-refractivity contribution in [2.24, 2.45) is 7.05 Å². The van der Waals surface area contributed by atoms with E-state index in [1.807, 2.05) is 0 Å². The molecule has 0 bridgehead atoms. The van der Waals surface area contributed by atoms with Crippen molar-refractivity contribution in [1.29, 1.82) is 0 Å². The van der Waals surface area contributed by atoms with Crippen LogP contribution in [0.2, 0.25) is 0 Å². The first kappa shape index (κ1) is 16.9. The maximum atomic E-state index is 13.8. The number of anilines is 2. The van der Waals surface area contributed by atoms with Gasteiger partial charge in [-0.1, -0.05) is 31.4 Å². The highest BCUT2D eigenvalue weighted by Gasteiger charge is 2.54. The molecular weight excluding hydrogens is 439 g/mol. The number of amides is 1. The summed E-state index contributed by atoms with van der Waals surface area (Å²) in [6, 6.07) is 4.86. The molecule has 25 heavy (non-hydrogen) atoms. The third kappa shape index (κ3) is 2.34. The second-order valence-electron chi connectivity index (χ2n) is 6.77. The minimum atomic E-state index is -2.59. The van der Waals surface area contributed by atoms with Crippen molar-refractivity contribution in [2.45, 2.75) is 43.9 Å². The van der Waals surface area contributed by atoms with Gasteiger partial charge in [0.15, 0.2) is 5.82 Å². The van der Waals surface area contributed by atoms with E-state index in [-0.39, 0.29) is 11.5 Å². The Labute approximate surface area is 158 Å². The minimum Gasteiger partial charge on any atom is -0.273 e. The van der Waals surface area contributed by atoms with Crippen LogP contribution in [0.4, 0.5) is 20.3 Å². The largest absolute Gasteiger partial charge is 0.273 e. The standard InChI is InChI=1S/C18H18F2IN3O/c1-23-16(12(21)10-22-23)24-13-7-5-6-11(15(19)20)14(13)18(17(24)25)8-3-2-4-9-18/h5-7,10,15H,2-4,8-9H2,1H3. The smallest absolute Gasteiger partial charge is 0.264 e. The summed E-state index contributed by atoms with van der Waals surface area (Å²) >= 11 is 2.14. The van der Waals surface area contributed by atoms with E-state index in [9.17, 15) is 13.6 Å². The number of carbonyl (C=O) groups excluding carboxylic acids is 1. The van der Waals surface area contributed by atoms with Gasteiger partial charge in [-0.05, 0) is 41.5 Å². The fourth-order valence-corrected chi connectivity index (χ4v) is 5.08. The van der Waals surface area contributed by atoms with E-state index < -0.39 is 11.8 Å². The van der Waals surface area contributed by atoms with E-state index in [1.54, 1.807) is 35.0 Å². The van der Waals surface area contributed by atoms with Gasteiger partial charge in [0.05, 0.1) is 20.9 Å². The van der Waals surface area contributed by atoms with E-state index in [1.165, 1.54) is 6.07 Å². The van der Waals surface area contributed by atoms with Gasteiger partial charge in [0.25, 0.3) is 6.43 Å². The van der Waals surface area contributed by atoms with Crippen LogP contribution in [0.1, 0.15) is 49.7 Å². The number of aromatic nitrogens is 2. The second kappa shape index (κ2) is 6.03. The Morgan fingerprint density at radius 1 is 1.24 bits per heavy atom. The molecule has 1 amide bonds. The van der Waals surface area contributed by atoms with E-state index in [0.717, 1.165) is 22.8 Å². The number of nitrogens with zero attached hydrogens (tertiary/aromatic N) is 3. The number of hydrogen-bond acceptors (Lipinski definition) is 2. The second-order valence-corrected chi connectivity index (χ2v) is 7.93. The summed E-state index contributed by atoms with van der Waals surface area (Å²) in [4.78, 5) is 15.2. The molecule has 1 aromatic carbocycles. The molecule has 2 aromatic rings. The van der Waals surface area contributed by atoms with E-state index >= 15 is 0 Å². The molecule has 0 atom stereocenters. The van der Waals surface area contributed by atoms with Crippen molar-refractivity contribution in [1.82, 2.24) is 9.78 Å². The van der Waals surface area contributed by atoms with Crippen LogP contribution in [0.5, 0.6) is 0 Å². The summed E-state index contributed by atoms with van der Waals surface area (Å²) in [6.07, 6.45) is 3.18. The molecule has 1 aromatic heterocycles. The van der Waals surface area contributed by atoms with Crippen molar-refractivity contribution >= 4 is 40.0 Å². The molecule has 132 valence electrons. The molecule has 0 radical (unpaired) electrons. The average molecular weight is 457 g/mol. The number of carbonyl (C=O) groups is 1. The predicted molar refractivity (Wildman–Crippen MR) is 99.2 cm³/mol. The Balaban J connectivity index is 2.00. The predicted octanol–water partition coefficient (Wildman–Crippen LogP) is 4.84. The van der Waals surface area contributed by atoms with Gasteiger partial charge in [-0.2, -0.15) is 5.10 Å². The van der Waals surface area contributed by atoms with Crippen molar-refractivity contribution in [3.05, 3.63) is 39.1 Å². The maximum absolute atomic E-state index is 13.8. The molecule has 4 nitrogen and oxygen atoms in total. The summed E-state index contributed by atoms with van der Waals surface area (Å²) in [7, 11) is 1.77. The molecule has 4 rings (SSSR count). The lowest BCUT2D eigenvalue weighted by atomic mass is 9.69. The number of fused-ring (bicyclic) bond motifs is 2. The van der Waals surface area contributed by atoms with E-state index in [0.29, 0.717) is 29.9 Å². The van der Waals surface area contributed by atoms with Crippen molar-refractivity contribution in [3.8, 4) is 0 Å². The summed E-state index contributed by atoms with van der Waals surface area (Å²) in [5, 5.41) is 4.23. The number of rotatable bonds is 2. The summed E-state index contributed by atoms with van der Waals surface area (Å²) in [6.45, 7) is 0. The molecule has 7 heteroatoms. The van der Waals surface area contributed by atoms with Gasteiger partial charge in [0.2, 0.25) is 5.91 Å². The van der Waals surface area contributed by atoms with Crippen LogP contribution in [0.3, 0.4) is 0 Å². The fraction of sp³-hybridized carbons (Fsp3) is 0.444. The Hall–Kier alpha value is -1.51. The first-order valence-electron chi connectivity index (χ1n) is 8.41. The molecule has 2 aliphatic rings. The van der Waals surface area contributed by atoms with Crippen LogP contribution in [0.25, 0.3) is 0 Å². The molecule has 2 heterocycles. The van der Waals surface area contributed by atoms with Crippen molar-refractivity contribution < 1.29 is 13.6 Å². The van der Waals surface area contributed by atoms with Gasteiger partial charge in [-0.25, -0.2) is 8.78 Å². The third-order valence-corrected chi connectivity index (χ3v) is 6.19. The zero-order valence-corrected chi connectivity index (χ0v) is 16.0. The van der Waals surface area contributed by atoms with E-state index in [2.05, 4.69) is 27.7 Å². The normalized spacial score (nSPS) is 19.1. The van der Waals surface area contributed by atoms with Gasteiger partial charge in [-0.3, -0.25) is 14.4 Å². The van der Waals surface area contributed by atoms with Crippen LogP contribution in [-0.2, 0) is 17.3 Å². The zero-order valence-electron chi connectivity index (χ0n) is 13.8. The third-order valence-electron chi connectivity index (χ3n) is 5.43. The molecule has 1 aliphatic carbocycles. The lowest BCUT2D eigenvalue weighted by molar-refractivity contribution is -0.123. The lowest BCUT2D eigenvalue weighted by Crippen LogP contribution is -2.41. The first-order chi connectivity index (χ1) is 12.0. The summed E-state index contributed by atoms with van der Waals surface area (Å²) < 4.78 is 30.0. The molecular formula is C18H18F2IN3O. The zero-order chi connectivity index (χ0) is 17.8. The summed E-state index contributed by atoms with van der Waals surface area (Å²) in [5.41, 5.74) is 0.291. The van der Waals surface area contributed by atoms with Crippen molar-refractivity contribution in [2.75, 3.05) is 4.90 Å². The van der Waals surface area contributed by atoms with Crippen LogP contribution >= 0.6 is 22.6 Å². The van der Waals surface area contributed by atoms with E-state index in [4.69, 9.17) is 0 Å². The quantitative estimate of drug-likeness (QED) is 0.606. The number of halogens is 3. The highest BCUT2D eigenvalue weighted by Crippen LogP contribution is 2.55. The minimum absolute atomic E-state index is 0.00701. The Bertz CT molecular complexity index is 823. The highest BCUT2D eigenvalue weighted by molar-refractivity contribution is 14.1. The van der Waals surface area contributed by atoms with Crippen LogP contribution in [0.15, 0.2) is 24.4 Å². The average Bonchev–Trinajstić information content (AvgIpc) is 3.04. The summed E-state index contributed by atoms with van der Waals surface area (Å²) in [5.74, 6) is 0.567. The lowest BCUT2D eigenvalue weighted by Gasteiger charge is -2.33. The number of aryl methyl sites for hydroxylation is 1. The first-order valence-corrected chi connectivity index (χ1v) is 9.49. The van der Waals surface area contributed by atoms with Crippen molar-refractivity contribution in [3.63, 3.8) is 0 Å². The highest BCUT2D eigenvalue weighted by atomic mass is 127. The van der Waals surface area contributed by atoms with Gasteiger partial charge in [0.1, 0.15) is 0 Å². The SMILES string of the molecule is Cn1ncc(I)c1N1C(=O)C2(CCCCC2)c2c(C(F)F)cccc21. The van der Waals surface area contributed by atoms with Gasteiger partial charge >= 0.3 is 0 Å². The molecule has 1 saturated carbocycles. The van der Waals surface area contributed by atoms with Crippen LogP contribution < -0.4 is 4.90 Å². The molecule has 1 fully saturated rings. The molecule has 1 aliphatic heterocycles. The molecule has 0 N–H and O–H groups in total. The van der Waals surface area contributed by atoms with Gasteiger partial charge < -0.3 is 0 Å². The fourth-order valence-electron chi connectivity index (χ4n) is 4.36. The van der Waals surface area contributed by atoms with Gasteiger partial charge in [0, 0.05) is 18.2 Å². The Morgan fingerprint density at radius 3 is 2.56 bits per heavy atom. The van der Waals surface area contributed by atoms with Crippen LogP contribution in [0, 0.1) is 3.57 Å². The Morgan fingerprint density at radius 2 is 1.96 bits per heavy atom. The van der Waals surface area contributed by atoms with Crippen LogP contribution in [-0.4, -0.2) is 15.7 Å². The monoisotopic (exact) mass is 457 g/mol. The number of hydrogen-bond donors (Lipinski definition) is 0. The maximum Gasteiger partial charge on any atom is 0.264 e. The molecule has 0 unspecified atom stereocenters. The molecule has 0 saturated heterocycles. The Kier molecular flexibility index (Phi) is 4.09. The topological polar surface area (TPSA) is 38.1 Å².